The summed E-state index contributed by atoms with van der Waals surface area (Å²) >= 11 is 1.27. The summed E-state index contributed by atoms with van der Waals surface area (Å²) in [5.41, 5.74) is -4.11. The van der Waals surface area contributed by atoms with E-state index in [0.717, 1.165) is 23.3 Å². The zero-order chi connectivity index (χ0) is 27.9. The Hall–Kier alpha value is -2.22. The second kappa shape index (κ2) is 10.4. The molecule has 0 bridgehead atoms. The number of halogens is 6. The van der Waals surface area contributed by atoms with Crippen molar-refractivity contribution in [1.82, 2.24) is 4.31 Å². The lowest BCUT2D eigenvalue weighted by Gasteiger charge is -2.42. The molecule has 0 saturated carbocycles. The highest BCUT2D eigenvalue weighted by molar-refractivity contribution is 8.18. The number of hydrogen-bond acceptors (Lipinski definition) is 5. The maximum absolute atomic E-state index is 13.3. The Labute approximate surface area is 221 Å². The van der Waals surface area contributed by atoms with Crippen LogP contribution in [0.15, 0.2) is 58.8 Å². The van der Waals surface area contributed by atoms with Crippen molar-refractivity contribution >= 4 is 27.5 Å². The number of sulfonamides is 1. The number of hydrogen-bond donors (Lipinski definition) is 1. The normalized spacial score (nSPS) is 20.1. The van der Waals surface area contributed by atoms with E-state index in [1.807, 2.05) is 31.2 Å². The summed E-state index contributed by atoms with van der Waals surface area (Å²) in [4.78, 5) is 1.78. The summed E-state index contributed by atoms with van der Waals surface area (Å²) in [6.07, 6.45) is -9.22. The first-order valence-electron chi connectivity index (χ1n) is 11.8. The number of rotatable bonds is 6. The summed E-state index contributed by atoms with van der Waals surface area (Å²) in [7, 11) is -3.71. The molecule has 0 aliphatic carbocycles. The molecule has 2 aromatic rings. The van der Waals surface area contributed by atoms with Crippen molar-refractivity contribution in [2.24, 2.45) is 0 Å². The molecule has 0 radical (unpaired) electrons. The lowest BCUT2D eigenvalue weighted by molar-refractivity contribution is -0.376. The highest BCUT2D eigenvalue weighted by Gasteiger charge is 2.71. The fourth-order valence-electron chi connectivity index (χ4n) is 4.64. The van der Waals surface area contributed by atoms with Gasteiger partial charge in [0.05, 0.1) is 0 Å². The van der Waals surface area contributed by atoms with Gasteiger partial charge in [-0.05, 0) is 37.5 Å². The van der Waals surface area contributed by atoms with Crippen molar-refractivity contribution in [1.29, 1.82) is 0 Å². The molecule has 13 heteroatoms. The van der Waals surface area contributed by atoms with Gasteiger partial charge >= 0.3 is 12.4 Å². The van der Waals surface area contributed by atoms with Gasteiger partial charge in [-0.15, -0.1) is 11.8 Å². The van der Waals surface area contributed by atoms with Crippen molar-refractivity contribution in [2.45, 2.75) is 43.8 Å². The van der Waals surface area contributed by atoms with Crippen LogP contribution < -0.4 is 4.90 Å². The van der Waals surface area contributed by atoms with E-state index >= 15 is 0 Å². The summed E-state index contributed by atoms with van der Waals surface area (Å²) < 4.78 is 108. The molecule has 1 N–H and O–H groups in total. The van der Waals surface area contributed by atoms with Crippen molar-refractivity contribution in [3.8, 4) is 0 Å². The van der Waals surface area contributed by atoms with E-state index < -0.39 is 39.6 Å². The third kappa shape index (κ3) is 5.43. The summed E-state index contributed by atoms with van der Waals surface area (Å²) in [6.45, 7) is 2.28. The van der Waals surface area contributed by atoms with Gasteiger partial charge in [-0.3, -0.25) is 0 Å². The fourth-order valence-corrected chi connectivity index (χ4v) is 7.75. The van der Waals surface area contributed by atoms with Gasteiger partial charge < -0.3 is 10.0 Å². The van der Waals surface area contributed by atoms with Crippen LogP contribution in [0.25, 0.3) is 0 Å². The van der Waals surface area contributed by atoms with Gasteiger partial charge in [-0.2, -0.15) is 30.6 Å². The topological polar surface area (TPSA) is 60.9 Å². The van der Waals surface area contributed by atoms with E-state index in [1.165, 1.54) is 16.1 Å². The largest absolute Gasteiger partial charge is 0.430 e. The van der Waals surface area contributed by atoms with Gasteiger partial charge in [0.15, 0.2) is 0 Å². The first-order chi connectivity index (χ1) is 17.6. The molecule has 2 heterocycles. The van der Waals surface area contributed by atoms with Gasteiger partial charge in [0.1, 0.15) is 4.24 Å². The standard InChI is InChI=1S/C25H26F6N2O3S2/c1-17-4-6-18(7-5-17)15-21-16-32(38(35,36)22-3-2-14-37-22)12-13-33(21)20-10-8-19(9-11-20)23(34,24(26,27)28)25(29,30)31/h3-11,21,34H,2,12-16H2,1H3. The predicted octanol–water partition coefficient (Wildman–Crippen LogP) is 5.35. The van der Waals surface area contributed by atoms with Gasteiger partial charge in [-0.1, -0.05) is 48.0 Å². The number of alkyl halides is 6. The Balaban J connectivity index is 1.65. The Morgan fingerprint density at radius 2 is 1.55 bits per heavy atom. The molecule has 2 aliphatic rings. The lowest BCUT2D eigenvalue weighted by Crippen LogP contribution is -2.56. The molecule has 1 atom stereocenters. The van der Waals surface area contributed by atoms with Crippen molar-refractivity contribution in [2.75, 3.05) is 30.3 Å². The molecule has 1 unspecified atom stereocenters. The Morgan fingerprint density at radius 3 is 2.08 bits per heavy atom. The molecule has 208 valence electrons. The monoisotopic (exact) mass is 580 g/mol. The molecule has 38 heavy (non-hydrogen) atoms. The molecular weight excluding hydrogens is 554 g/mol. The fraction of sp³-hybridized carbons (Fsp3) is 0.440. The smallest absolute Gasteiger partial charge is 0.369 e. The SMILES string of the molecule is Cc1ccc(CC2CN(S(=O)(=O)C3=CCCS3)CCN2c2ccc(C(O)(C(F)(F)F)C(F)(F)F)cc2)cc1. The minimum atomic E-state index is -5.98. The quantitative estimate of drug-likeness (QED) is 0.467. The number of benzene rings is 2. The number of allylic oxidation sites excluding steroid dienone is 1. The summed E-state index contributed by atoms with van der Waals surface area (Å²) in [6, 6.07) is 10.6. The molecule has 0 aromatic heterocycles. The third-order valence-corrected chi connectivity index (χ3v) is 10.3. The third-order valence-electron chi connectivity index (χ3n) is 6.74. The van der Waals surface area contributed by atoms with E-state index in [2.05, 4.69) is 0 Å². The van der Waals surface area contributed by atoms with Crippen LogP contribution in [0, 0.1) is 6.92 Å². The van der Waals surface area contributed by atoms with Crippen LogP contribution in [0.1, 0.15) is 23.1 Å². The average Bonchev–Trinajstić information content (AvgIpc) is 3.40. The number of thioether (sulfide) groups is 1. The zero-order valence-electron chi connectivity index (χ0n) is 20.3. The van der Waals surface area contributed by atoms with Gasteiger partial charge in [0.25, 0.3) is 5.60 Å². The van der Waals surface area contributed by atoms with Crippen LogP contribution in [0.2, 0.25) is 0 Å². The summed E-state index contributed by atoms with van der Waals surface area (Å²) in [5, 5.41) is 9.71. The minimum absolute atomic E-state index is 0.0882. The highest BCUT2D eigenvalue weighted by Crippen LogP contribution is 2.50. The van der Waals surface area contributed by atoms with Crippen LogP contribution in [0.3, 0.4) is 0 Å². The molecule has 1 fully saturated rings. The van der Waals surface area contributed by atoms with E-state index in [0.29, 0.717) is 40.7 Å². The van der Waals surface area contributed by atoms with Gasteiger partial charge in [0, 0.05) is 42.7 Å². The number of nitrogens with zero attached hydrogens (tertiary/aromatic N) is 2. The Kier molecular flexibility index (Phi) is 7.88. The van der Waals surface area contributed by atoms with E-state index in [4.69, 9.17) is 0 Å². The van der Waals surface area contributed by atoms with Gasteiger partial charge in [-0.25, -0.2) is 8.42 Å². The molecule has 5 nitrogen and oxygen atoms in total. The first-order valence-corrected chi connectivity index (χ1v) is 14.2. The van der Waals surface area contributed by atoms with Gasteiger partial charge in [0.2, 0.25) is 10.0 Å². The van der Waals surface area contributed by atoms with E-state index in [1.54, 1.807) is 11.0 Å². The number of anilines is 1. The van der Waals surface area contributed by atoms with Crippen LogP contribution in [0.4, 0.5) is 32.0 Å². The molecule has 2 aliphatic heterocycles. The maximum atomic E-state index is 13.3. The van der Waals surface area contributed by atoms with Crippen molar-refractivity contribution in [3.63, 3.8) is 0 Å². The average molecular weight is 581 g/mol. The van der Waals surface area contributed by atoms with E-state index in [9.17, 15) is 39.9 Å². The van der Waals surface area contributed by atoms with Crippen LogP contribution in [-0.4, -0.2) is 61.6 Å². The zero-order valence-corrected chi connectivity index (χ0v) is 21.9. The maximum Gasteiger partial charge on any atom is 0.430 e. The van der Waals surface area contributed by atoms with Crippen LogP contribution >= 0.6 is 11.8 Å². The second-order valence-corrected chi connectivity index (χ2v) is 12.6. The lowest BCUT2D eigenvalue weighted by atomic mass is 9.92. The molecule has 1 saturated heterocycles. The summed E-state index contributed by atoms with van der Waals surface area (Å²) in [5.74, 6) is 0.676. The number of aryl methyl sites for hydroxylation is 1. The number of aliphatic hydroxyl groups is 1. The molecule has 4 rings (SSSR count). The molecule has 0 amide bonds. The predicted molar refractivity (Wildman–Crippen MR) is 134 cm³/mol. The molecule has 2 aromatic carbocycles. The highest BCUT2D eigenvalue weighted by atomic mass is 32.3. The Morgan fingerprint density at radius 1 is 0.947 bits per heavy atom. The number of piperazine rings is 1. The minimum Gasteiger partial charge on any atom is -0.369 e. The first kappa shape index (κ1) is 28.8. The second-order valence-electron chi connectivity index (χ2n) is 9.31. The van der Waals surface area contributed by atoms with Crippen LogP contribution in [0.5, 0.6) is 0 Å². The molecular formula is C25H26F6N2O3S2. The molecule has 0 spiro atoms. The Bertz CT molecular complexity index is 1260. The van der Waals surface area contributed by atoms with Crippen LogP contribution in [-0.2, 0) is 22.0 Å². The van der Waals surface area contributed by atoms with Crippen molar-refractivity contribution in [3.05, 3.63) is 75.5 Å². The van der Waals surface area contributed by atoms with Crippen molar-refractivity contribution < 1.29 is 39.9 Å². The van der Waals surface area contributed by atoms with E-state index in [-0.39, 0.29) is 19.6 Å².